The van der Waals surface area contributed by atoms with Gasteiger partial charge in [0.25, 0.3) is 0 Å². The molecule has 0 saturated heterocycles. The first-order valence-corrected chi connectivity index (χ1v) is 7.93. The second-order valence-electron chi connectivity index (χ2n) is 7.30. The number of nitrogens with zero attached hydrogens (tertiary/aromatic N) is 1. The van der Waals surface area contributed by atoms with Gasteiger partial charge >= 0.3 is 0 Å². The largest absolute Gasteiger partial charge is 0.394 e. The minimum absolute atomic E-state index is 0.104. The van der Waals surface area contributed by atoms with Crippen LogP contribution in [0.25, 0.3) is 0 Å². The van der Waals surface area contributed by atoms with Gasteiger partial charge < -0.3 is 10.4 Å². The first-order chi connectivity index (χ1) is 8.80. The highest BCUT2D eigenvalue weighted by atomic mass is 16.3. The molecule has 3 heteroatoms. The van der Waals surface area contributed by atoms with E-state index < -0.39 is 0 Å². The summed E-state index contributed by atoms with van der Waals surface area (Å²) >= 11 is 0. The van der Waals surface area contributed by atoms with Crippen molar-refractivity contribution < 1.29 is 5.11 Å². The maximum atomic E-state index is 10.0. The molecule has 0 aromatic rings. The molecule has 1 rings (SSSR count). The summed E-state index contributed by atoms with van der Waals surface area (Å²) in [6, 6.07) is 0.946. The van der Waals surface area contributed by atoms with Crippen LogP contribution in [0.5, 0.6) is 0 Å². The molecule has 1 atom stereocenters. The highest BCUT2D eigenvalue weighted by molar-refractivity contribution is 5.03. The Bertz CT molecular complexity index is 261. The third-order valence-electron chi connectivity index (χ3n) is 4.03. The monoisotopic (exact) mass is 270 g/mol. The van der Waals surface area contributed by atoms with Crippen molar-refractivity contribution in [1.82, 2.24) is 10.2 Å². The second kappa shape index (κ2) is 7.05. The molecule has 114 valence electrons. The average Bonchev–Trinajstić information content (AvgIpc) is 3.09. The Labute approximate surface area is 119 Å². The van der Waals surface area contributed by atoms with Gasteiger partial charge in [0.1, 0.15) is 0 Å². The van der Waals surface area contributed by atoms with E-state index in [1.54, 1.807) is 0 Å². The number of hydrogen-bond donors (Lipinski definition) is 2. The first-order valence-electron chi connectivity index (χ1n) is 7.93. The molecule has 0 amide bonds. The Balaban J connectivity index is 2.78. The lowest BCUT2D eigenvalue weighted by molar-refractivity contribution is 0.0648. The third kappa shape index (κ3) is 5.05. The summed E-state index contributed by atoms with van der Waals surface area (Å²) in [6.45, 7) is 15.7. The zero-order valence-corrected chi connectivity index (χ0v) is 13.7. The van der Waals surface area contributed by atoms with Crippen LogP contribution in [0.15, 0.2) is 0 Å². The van der Waals surface area contributed by atoms with Crippen molar-refractivity contribution in [3.8, 4) is 0 Å². The van der Waals surface area contributed by atoms with Crippen LogP contribution in [0.3, 0.4) is 0 Å². The minimum Gasteiger partial charge on any atom is -0.394 e. The summed E-state index contributed by atoms with van der Waals surface area (Å²) in [4.78, 5) is 2.52. The zero-order chi connectivity index (χ0) is 14.6. The fourth-order valence-corrected chi connectivity index (χ4v) is 3.02. The lowest BCUT2D eigenvalue weighted by atomic mass is 9.91. The fourth-order valence-electron chi connectivity index (χ4n) is 3.02. The van der Waals surface area contributed by atoms with Crippen LogP contribution >= 0.6 is 0 Å². The molecule has 0 spiro atoms. The normalized spacial score (nSPS) is 19.7. The maximum Gasteiger partial charge on any atom is 0.0628 e. The molecule has 1 aliphatic rings. The molecular weight excluding hydrogens is 236 g/mol. The van der Waals surface area contributed by atoms with Crippen molar-refractivity contribution in [2.45, 2.75) is 72.0 Å². The van der Waals surface area contributed by atoms with Gasteiger partial charge in [-0.25, -0.2) is 0 Å². The number of aliphatic hydroxyl groups excluding tert-OH is 1. The van der Waals surface area contributed by atoms with Crippen LogP contribution in [0.4, 0.5) is 0 Å². The van der Waals surface area contributed by atoms with Crippen molar-refractivity contribution >= 4 is 0 Å². The molecule has 2 N–H and O–H groups in total. The Morgan fingerprint density at radius 3 is 2.05 bits per heavy atom. The Hall–Kier alpha value is -0.120. The van der Waals surface area contributed by atoms with Crippen molar-refractivity contribution in [3.63, 3.8) is 0 Å². The minimum atomic E-state index is -0.104. The summed E-state index contributed by atoms with van der Waals surface area (Å²) in [5, 5.41) is 13.7. The van der Waals surface area contributed by atoms with E-state index in [4.69, 9.17) is 0 Å². The van der Waals surface area contributed by atoms with Crippen molar-refractivity contribution in [3.05, 3.63) is 0 Å². The second-order valence-corrected chi connectivity index (χ2v) is 7.30. The lowest BCUT2D eigenvalue weighted by Crippen LogP contribution is -2.61. The summed E-state index contributed by atoms with van der Waals surface area (Å²) in [5.41, 5.74) is -0.104. The highest BCUT2D eigenvalue weighted by Crippen LogP contribution is 2.40. The molecule has 1 saturated carbocycles. The number of nitrogens with one attached hydrogen (secondary N) is 1. The Morgan fingerprint density at radius 1 is 1.16 bits per heavy atom. The van der Waals surface area contributed by atoms with Gasteiger partial charge in [0, 0.05) is 25.2 Å². The van der Waals surface area contributed by atoms with Crippen LogP contribution in [-0.2, 0) is 0 Å². The fraction of sp³-hybridized carbons (Fsp3) is 1.00. The highest BCUT2D eigenvalue weighted by Gasteiger charge is 2.46. The summed E-state index contributed by atoms with van der Waals surface area (Å²) < 4.78 is 0. The predicted octanol–water partition coefficient (Wildman–Crippen LogP) is 2.49. The van der Waals surface area contributed by atoms with Crippen LogP contribution in [0.2, 0.25) is 0 Å². The first kappa shape index (κ1) is 16.9. The van der Waals surface area contributed by atoms with Gasteiger partial charge in [0.05, 0.1) is 12.1 Å². The van der Waals surface area contributed by atoms with Gasteiger partial charge in [0.2, 0.25) is 0 Å². The van der Waals surface area contributed by atoms with Gasteiger partial charge in [-0.2, -0.15) is 0 Å². The predicted molar refractivity (Wildman–Crippen MR) is 82.4 cm³/mol. The molecule has 0 aromatic carbocycles. The molecule has 1 fully saturated rings. The van der Waals surface area contributed by atoms with Gasteiger partial charge in [-0.15, -0.1) is 0 Å². The molecule has 0 heterocycles. The van der Waals surface area contributed by atoms with Crippen molar-refractivity contribution in [2.75, 3.05) is 19.7 Å². The van der Waals surface area contributed by atoms with Gasteiger partial charge in [-0.05, 0) is 38.5 Å². The van der Waals surface area contributed by atoms with Crippen molar-refractivity contribution in [1.29, 1.82) is 0 Å². The van der Waals surface area contributed by atoms with Gasteiger partial charge in [-0.1, -0.05) is 27.7 Å². The van der Waals surface area contributed by atoms with E-state index in [9.17, 15) is 5.11 Å². The van der Waals surface area contributed by atoms with E-state index in [-0.39, 0.29) is 12.1 Å². The van der Waals surface area contributed by atoms with Crippen LogP contribution in [0.1, 0.15) is 54.4 Å². The third-order valence-corrected chi connectivity index (χ3v) is 4.03. The van der Waals surface area contributed by atoms with E-state index in [2.05, 4.69) is 51.8 Å². The molecule has 0 aromatic heterocycles. The molecule has 3 nitrogen and oxygen atoms in total. The SMILES string of the molecule is CC(C)CN(CC(CO)(NC(C)C)C1CC1)C(C)C. The molecular formula is C16H34N2O. The number of aliphatic hydroxyl groups is 1. The molecule has 1 unspecified atom stereocenters. The Morgan fingerprint density at radius 2 is 1.74 bits per heavy atom. The van der Waals surface area contributed by atoms with Gasteiger partial charge in [-0.3, -0.25) is 4.90 Å². The molecule has 19 heavy (non-hydrogen) atoms. The number of hydrogen-bond acceptors (Lipinski definition) is 3. The molecule has 0 radical (unpaired) electrons. The standard InChI is InChI=1S/C16H34N2O/c1-12(2)9-18(14(5)6)10-16(11-19,15-7-8-15)17-13(3)4/h12-15,17,19H,7-11H2,1-6H3. The quantitative estimate of drug-likeness (QED) is 0.676. The van der Waals surface area contributed by atoms with Crippen LogP contribution in [-0.4, -0.2) is 47.3 Å². The van der Waals surface area contributed by atoms with E-state index >= 15 is 0 Å². The average molecular weight is 270 g/mol. The Kier molecular flexibility index (Phi) is 6.28. The van der Waals surface area contributed by atoms with Crippen LogP contribution < -0.4 is 5.32 Å². The van der Waals surface area contributed by atoms with Gasteiger partial charge in [0.15, 0.2) is 0 Å². The van der Waals surface area contributed by atoms with E-state index in [0.717, 1.165) is 13.1 Å². The summed E-state index contributed by atoms with van der Waals surface area (Å²) in [6.07, 6.45) is 2.52. The van der Waals surface area contributed by atoms with E-state index in [1.165, 1.54) is 12.8 Å². The number of rotatable bonds is 9. The van der Waals surface area contributed by atoms with Crippen LogP contribution in [0, 0.1) is 11.8 Å². The van der Waals surface area contributed by atoms with E-state index in [0.29, 0.717) is 23.9 Å². The lowest BCUT2D eigenvalue weighted by Gasteiger charge is -2.42. The zero-order valence-electron chi connectivity index (χ0n) is 13.7. The summed E-state index contributed by atoms with van der Waals surface area (Å²) in [7, 11) is 0. The topological polar surface area (TPSA) is 35.5 Å². The smallest absolute Gasteiger partial charge is 0.0628 e. The molecule has 0 bridgehead atoms. The summed E-state index contributed by atoms with van der Waals surface area (Å²) in [5.74, 6) is 1.31. The maximum absolute atomic E-state index is 10.0. The van der Waals surface area contributed by atoms with E-state index in [1.807, 2.05) is 0 Å². The molecule has 0 aliphatic heterocycles. The van der Waals surface area contributed by atoms with Crippen molar-refractivity contribution in [2.24, 2.45) is 11.8 Å². The molecule has 1 aliphatic carbocycles.